The van der Waals surface area contributed by atoms with Crippen LogP contribution in [-0.4, -0.2) is 9.71 Å². The van der Waals surface area contributed by atoms with Crippen molar-refractivity contribution in [3.8, 4) is 0 Å². The third-order valence-corrected chi connectivity index (χ3v) is 2.30. The topological polar surface area (TPSA) is 9.23 Å². The minimum absolute atomic E-state index is 0.159. The van der Waals surface area contributed by atoms with Crippen LogP contribution in [0.15, 0.2) is 0 Å². The quantitative estimate of drug-likeness (QED) is 0.455. The van der Waals surface area contributed by atoms with E-state index in [9.17, 15) is 0 Å². The summed E-state index contributed by atoms with van der Waals surface area (Å²) >= 11 is 2.33. The second-order valence-electron chi connectivity index (χ2n) is 2.83. The molecule has 1 heterocycles. The average Bonchev–Trinajstić information content (AvgIpc) is 1.82. The molecule has 1 fully saturated rings. The van der Waals surface area contributed by atoms with E-state index in [1.807, 2.05) is 0 Å². The fourth-order valence-corrected chi connectivity index (χ4v) is 1.92. The standard InChI is InChI=1S/C6H11IO/c1-6(2)4-3-5(7)8-6/h5H,3-4H2,1-2H3/t5-/m1/s1. The van der Waals surface area contributed by atoms with Crippen LogP contribution >= 0.6 is 22.6 Å². The molecular weight excluding hydrogens is 215 g/mol. The molecule has 0 aromatic carbocycles. The lowest BCUT2D eigenvalue weighted by Gasteiger charge is -2.16. The first kappa shape index (κ1) is 6.81. The van der Waals surface area contributed by atoms with Crippen molar-refractivity contribution < 1.29 is 4.74 Å². The normalized spacial score (nSPS) is 35.6. The molecule has 1 atom stereocenters. The molecule has 0 saturated carbocycles. The Bertz CT molecular complexity index is 90.5. The lowest BCUT2D eigenvalue weighted by atomic mass is 10.1. The minimum atomic E-state index is 0.159. The van der Waals surface area contributed by atoms with Gasteiger partial charge in [0.05, 0.1) is 5.60 Å². The highest BCUT2D eigenvalue weighted by molar-refractivity contribution is 14.1. The van der Waals surface area contributed by atoms with Gasteiger partial charge >= 0.3 is 0 Å². The summed E-state index contributed by atoms with van der Waals surface area (Å²) in [6, 6.07) is 0. The summed E-state index contributed by atoms with van der Waals surface area (Å²) in [6.07, 6.45) is 2.42. The summed E-state index contributed by atoms with van der Waals surface area (Å²) in [6.45, 7) is 4.29. The Kier molecular flexibility index (Phi) is 1.82. The van der Waals surface area contributed by atoms with Crippen LogP contribution < -0.4 is 0 Å². The molecule has 0 N–H and O–H groups in total. The van der Waals surface area contributed by atoms with Crippen LogP contribution in [0.3, 0.4) is 0 Å². The highest BCUT2D eigenvalue weighted by Crippen LogP contribution is 2.32. The predicted molar refractivity (Wildman–Crippen MR) is 42.2 cm³/mol. The van der Waals surface area contributed by atoms with Gasteiger partial charge in [0, 0.05) is 0 Å². The lowest BCUT2D eigenvalue weighted by Crippen LogP contribution is -2.17. The lowest BCUT2D eigenvalue weighted by molar-refractivity contribution is 0.0284. The fraction of sp³-hybridized carbons (Fsp3) is 1.00. The van der Waals surface area contributed by atoms with Crippen LogP contribution in [0.2, 0.25) is 0 Å². The van der Waals surface area contributed by atoms with Gasteiger partial charge in [-0.05, 0) is 26.7 Å². The van der Waals surface area contributed by atoms with Crippen molar-refractivity contribution in [1.29, 1.82) is 0 Å². The Labute approximate surface area is 63.9 Å². The first-order valence-electron chi connectivity index (χ1n) is 2.92. The molecule has 0 spiro atoms. The van der Waals surface area contributed by atoms with Crippen molar-refractivity contribution in [3.05, 3.63) is 0 Å². The van der Waals surface area contributed by atoms with E-state index in [4.69, 9.17) is 4.74 Å². The molecule has 1 nitrogen and oxygen atoms in total. The Morgan fingerprint density at radius 2 is 2.25 bits per heavy atom. The molecule has 1 aliphatic rings. The maximum atomic E-state index is 5.54. The SMILES string of the molecule is CC1(C)CC[C@H](I)O1. The van der Waals surface area contributed by atoms with Gasteiger partial charge < -0.3 is 4.74 Å². The van der Waals surface area contributed by atoms with E-state index < -0.39 is 0 Å². The van der Waals surface area contributed by atoms with Crippen LogP contribution in [-0.2, 0) is 4.74 Å². The van der Waals surface area contributed by atoms with Gasteiger partial charge in [-0.1, -0.05) is 22.6 Å². The third-order valence-electron chi connectivity index (χ3n) is 1.42. The van der Waals surface area contributed by atoms with Gasteiger partial charge in [-0.3, -0.25) is 0 Å². The number of hydrogen-bond acceptors (Lipinski definition) is 1. The zero-order valence-electron chi connectivity index (χ0n) is 5.28. The van der Waals surface area contributed by atoms with Crippen molar-refractivity contribution in [3.63, 3.8) is 0 Å². The summed E-state index contributed by atoms with van der Waals surface area (Å²) in [4.78, 5) is 0. The van der Waals surface area contributed by atoms with Crippen LogP contribution in [0.4, 0.5) is 0 Å². The summed E-state index contributed by atoms with van der Waals surface area (Å²) in [5.74, 6) is 0. The number of alkyl halides is 1. The van der Waals surface area contributed by atoms with Crippen LogP contribution in [0, 0.1) is 0 Å². The van der Waals surface area contributed by atoms with Crippen molar-refractivity contribution in [2.45, 2.75) is 36.4 Å². The van der Waals surface area contributed by atoms with E-state index in [1.54, 1.807) is 0 Å². The maximum absolute atomic E-state index is 5.54. The molecule has 0 unspecified atom stereocenters. The highest BCUT2D eigenvalue weighted by atomic mass is 127. The van der Waals surface area contributed by atoms with Gasteiger partial charge in [0.25, 0.3) is 0 Å². The Balaban J connectivity index is 2.44. The summed E-state index contributed by atoms with van der Waals surface area (Å²) in [7, 11) is 0. The van der Waals surface area contributed by atoms with Gasteiger partial charge in [-0.25, -0.2) is 0 Å². The molecule has 0 bridgehead atoms. The van der Waals surface area contributed by atoms with Crippen LogP contribution in [0.1, 0.15) is 26.7 Å². The maximum Gasteiger partial charge on any atom is 0.109 e. The van der Waals surface area contributed by atoms with Gasteiger partial charge in [-0.2, -0.15) is 0 Å². The molecule has 0 aromatic rings. The van der Waals surface area contributed by atoms with Crippen molar-refractivity contribution >= 4 is 22.6 Å². The second-order valence-corrected chi connectivity index (χ2v) is 4.22. The Hall–Kier alpha value is 0.690. The molecule has 8 heavy (non-hydrogen) atoms. The molecule has 0 aliphatic carbocycles. The molecule has 1 aliphatic heterocycles. The molecule has 1 rings (SSSR count). The van der Waals surface area contributed by atoms with Crippen molar-refractivity contribution in [1.82, 2.24) is 0 Å². The van der Waals surface area contributed by atoms with Gasteiger partial charge in [0.15, 0.2) is 0 Å². The molecule has 0 amide bonds. The molecule has 48 valence electrons. The molecular formula is C6H11IO. The summed E-state index contributed by atoms with van der Waals surface area (Å²) in [5, 5.41) is 0. The molecule has 1 saturated heterocycles. The first-order chi connectivity index (χ1) is 3.60. The van der Waals surface area contributed by atoms with Crippen LogP contribution in [0.5, 0.6) is 0 Å². The first-order valence-corrected chi connectivity index (χ1v) is 4.17. The minimum Gasteiger partial charge on any atom is -0.362 e. The average molecular weight is 226 g/mol. The molecule has 2 heteroatoms. The van der Waals surface area contributed by atoms with E-state index >= 15 is 0 Å². The summed E-state index contributed by atoms with van der Waals surface area (Å²) < 4.78 is 6.00. The summed E-state index contributed by atoms with van der Waals surface area (Å²) in [5.41, 5.74) is 0.159. The predicted octanol–water partition coefficient (Wildman–Crippen LogP) is 2.34. The largest absolute Gasteiger partial charge is 0.362 e. The smallest absolute Gasteiger partial charge is 0.109 e. The number of hydrogen-bond donors (Lipinski definition) is 0. The molecule has 0 radical (unpaired) electrons. The fourth-order valence-electron chi connectivity index (χ4n) is 0.925. The van der Waals surface area contributed by atoms with E-state index in [0.29, 0.717) is 4.11 Å². The van der Waals surface area contributed by atoms with Gasteiger partial charge in [0.2, 0.25) is 0 Å². The highest BCUT2D eigenvalue weighted by Gasteiger charge is 2.29. The van der Waals surface area contributed by atoms with Gasteiger partial charge in [0.1, 0.15) is 4.11 Å². The van der Waals surface area contributed by atoms with Crippen molar-refractivity contribution in [2.24, 2.45) is 0 Å². The second kappa shape index (κ2) is 2.14. The van der Waals surface area contributed by atoms with E-state index in [-0.39, 0.29) is 5.60 Å². The monoisotopic (exact) mass is 226 g/mol. The number of halogens is 1. The Morgan fingerprint density at radius 3 is 2.38 bits per heavy atom. The van der Waals surface area contributed by atoms with E-state index in [1.165, 1.54) is 12.8 Å². The zero-order valence-corrected chi connectivity index (χ0v) is 7.44. The molecule has 0 aromatic heterocycles. The number of ether oxygens (including phenoxy) is 1. The van der Waals surface area contributed by atoms with Gasteiger partial charge in [-0.15, -0.1) is 0 Å². The van der Waals surface area contributed by atoms with E-state index in [2.05, 4.69) is 36.4 Å². The van der Waals surface area contributed by atoms with Crippen molar-refractivity contribution in [2.75, 3.05) is 0 Å². The third kappa shape index (κ3) is 1.58. The number of rotatable bonds is 0. The zero-order chi connectivity index (χ0) is 6.20. The Morgan fingerprint density at radius 1 is 1.62 bits per heavy atom. The van der Waals surface area contributed by atoms with Crippen LogP contribution in [0.25, 0.3) is 0 Å². The van der Waals surface area contributed by atoms with E-state index in [0.717, 1.165) is 0 Å².